The molecule has 5 heteroatoms. The maximum atomic E-state index is 13.7. The molecule has 0 saturated carbocycles. The summed E-state index contributed by atoms with van der Waals surface area (Å²) in [5, 5.41) is 2.93. The third-order valence-corrected chi connectivity index (χ3v) is 7.06. The highest BCUT2D eigenvalue weighted by Crippen LogP contribution is 2.37. The van der Waals surface area contributed by atoms with Crippen LogP contribution in [0.2, 0.25) is 0 Å². The fraction of sp³-hybridized carbons (Fsp3) is 0.143. The van der Waals surface area contributed by atoms with Gasteiger partial charge in [-0.15, -0.1) is 0 Å². The van der Waals surface area contributed by atoms with Crippen molar-refractivity contribution in [2.24, 2.45) is 0 Å². The zero-order valence-corrected chi connectivity index (χ0v) is 19.4. The number of carbonyl (C=O) groups excluding carboxylic acids is 1. The lowest BCUT2D eigenvalue weighted by Crippen LogP contribution is -2.31. The first-order valence-electron chi connectivity index (χ1n) is 10.9. The Morgan fingerprint density at radius 2 is 1.70 bits per heavy atom. The van der Waals surface area contributed by atoms with Crippen LogP contribution >= 0.6 is 11.3 Å². The average Bonchev–Trinajstić information content (AvgIpc) is 3.30. The molecular weight excluding hydrogens is 428 g/mol. The van der Waals surface area contributed by atoms with E-state index in [0.717, 1.165) is 43.4 Å². The fourth-order valence-corrected chi connectivity index (χ4v) is 5.18. The molecule has 0 aliphatic carbocycles. The smallest absolute Gasteiger partial charge is 0.233 e. The zero-order valence-electron chi connectivity index (χ0n) is 18.6. The number of amides is 1. The highest BCUT2D eigenvalue weighted by Gasteiger charge is 2.23. The van der Waals surface area contributed by atoms with E-state index in [1.165, 1.54) is 11.3 Å². The lowest BCUT2D eigenvalue weighted by molar-refractivity contribution is -0.118. The summed E-state index contributed by atoms with van der Waals surface area (Å²) < 4.78 is 6.58. The monoisotopic (exact) mass is 452 g/mol. The molecule has 0 aliphatic rings. The number of aryl methyl sites for hydroxylation is 1. The molecule has 0 bridgehead atoms. The van der Waals surface area contributed by atoms with E-state index in [1.807, 2.05) is 66.7 Å². The standard InChI is InChI=1S/C28H24N2O2S/c1-19-15-16-24(32-2)26-27(19)33-28(29-26)30(18-20-9-4-3-5-10-20)25(31)17-22-13-8-12-21-11-6-7-14-23(21)22/h3-16H,17-18H2,1-2H3. The van der Waals surface area contributed by atoms with Crippen molar-refractivity contribution < 1.29 is 9.53 Å². The minimum absolute atomic E-state index is 0.0193. The van der Waals surface area contributed by atoms with Gasteiger partial charge in [-0.25, -0.2) is 4.98 Å². The molecule has 4 nitrogen and oxygen atoms in total. The molecule has 0 saturated heterocycles. The molecule has 0 fully saturated rings. The van der Waals surface area contributed by atoms with Gasteiger partial charge in [-0.1, -0.05) is 90.2 Å². The van der Waals surface area contributed by atoms with Gasteiger partial charge < -0.3 is 4.74 Å². The lowest BCUT2D eigenvalue weighted by Gasteiger charge is -2.20. The number of carbonyl (C=O) groups is 1. The summed E-state index contributed by atoms with van der Waals surface area (Å²) in [6.07, 6.45) is 0.306. The number of rotatable bonds is 6. The molecule has 1 amide bonds. The van der Waals surface area contributed by atoms with Crippen LogP contribution in [0.4, 0.5) is 5.13 Å². The van der Waals surface area contributed by atoms with Crippen molar-refractivity contribution in [3.8, 4) is 5.75 Å². The first-order valence-corrected chi connectivity index (χ1v) is 11.7. The highest BCUT2D eigenvalue weighted by atomic mass is 32.1. The van der Waals surface area contributed by atoms with E-state index in [4.69, 9.17) is 9.72 Å². The Bertz CT molecular complexity index is 1440. The third kappa shape index (κ3) is 4.20. The van der Waals surface area contributed by atoms with Crippen molar-refractivity contribution in [3.05, 3.63) is 102 Å². The van der Waals surface area contributed by atoms with Crippen molar-refractivity contribution in [2.45, 2.75) is 19.9 Å². The molecule has 0 spiro atoms. The van der Waals surface area contributed by atoms with Gasteiger partial charge in [-0.2, -0.15) is 0 Å². The van der Waals surface area contributed by atoms with E-state index in [2.05, 4.69) is 25.1 Å². The van der Waals surface area contributed by atoms with E-state index < -0.39 is 0 Å². The summed E-state index contributed by atoms with van der Waals surface area (Å²) in [5.41, 5.74) is 4.00. The molecule has 1 aromatic heterocycles. The number of hydrogen-bond donors (Lipinski definition) is 0. The van der Waals surface area contributed by atoms with Crippen LogP contribution in [0, 0.1) is 6.92 Å². The van der Waals surface area contributed by atoms with Gasteiger partial charge in [-0.3, -0.25) is 9.69 Å². The van der Waals surface area contributed by atoms with E-state index in [1.54, 1.807) is 12.0 Å². The molecule has 0 N–H and O–H groups in total. The maximum Gasteiger partial charge on any atom is 0.233 e. The summed E-state index contributed by atoms with van der Waals surface area (Å²) in [6.45, 7) is 2.52. The van der Waals surface area contributed by atoms with Crippen LogP contribution in [0.5, 0.6) is 5.75 Å². The van der Waals surface area contributed by atoms with Crippen molar-refractivity contribution in [2.75, 3.05) is 12.0 Å². The molecule has 4 aromatic carbocycles. The van der Waals surface area contributed by atoms with Crippen LogP contribution in [0.3, 0.4) is 0 Å². The van der Waals surface area contributed by atoms with Gasteiger partial charge in [0.25, 0.3) is 0 Å². The predicted octanol–water partition coefficient (Wildman–Crippen LogP) is 6.54. The minimum atomic E-state index is 0.0193. The van der Waals surface area contributed by atoms with Gasteiger partial charge in [0.1, 0.15) is 11.3 Å². The lowest BCUT2D eigenvalue weighted by atomic mass is 10.0. The predicted molar refractivity (Wildman–Crippen MR) is 136 cm³/mol. The number of thiazole rings is 1. The Hall–Kier alpha value is -3.70. The summed E-state index contributed by atoms with van der Waals surface area (Å²) in [5.74, 6) is 0.741. The van der Waals surface area contributed by atoms with Crippen LogP contribution in [0.15, 0.2) is 84.9 Å². The molecule has 0 unspecified atom stereocenters. The van der Waals surface area contributed by atoms with Crippen molar-refractivity contribution >= 4 is 43.4 Å². The number of benzene rings is 4. The topological polar surface area (TPSA) is 42.4 Å². The van der Waals surface area contributed by atoms with Crippen molar-refractivity contribution in [1.29, 1.82) is 0 Å². The third-order valence-electron chi connectivity index (χ3n) is 5.85. The van der Waals surface area contributed by atoms with Crippen molar-refractivity contribution in [3.63, 3.8) is 0 Å². The molecule has 5 rings (SSSR count). The normalized spacial score (nSPS) is 11.1. The number of hydrogen-bond acceptors (Lipinski definition) is 4. The van der Waals surface area contributed by atoms with Crippen LogP contribution in [0.1, 0.15) is 16.7 Å². The molecular formula is C28H24N2O2S. The quantitative estimate of drug-likeness (QED) is 0.294. The fourth-order valence-electron chi connectivity index (χ4n) is 4.11. The molecule has 0 atom stereocenters. The van der Waals surface area contributed by atoms with E-state index >= 15 is 0 Å². The van der Waals surface area contributed by atoms with Gasteiger partial charge in [0.2, 0.25) is 5.91 Å². The second-order valence-electron chi connectivity index (χ2n) is 8.04. The van der Waals surface area contributed by atoms with Crippen LogP contribution in [-0.2, 0) is 17.8 Å². The highest BCUT2D eigenvalue weighted by molar-refractivity contribution is 7.22. The largest absolute Gasteiger partial charge is 0.494 e. The average molecular weight is 453 g/mol. The first-order chi connectivity index (χ1) is 16.1. The first kappa shape index (κ1) is 21.2. The van der Waals surface area contributed by atoms with E-state index in [9.17, 15) is 4.79 Å². The zero-order chi connectivity index (χ0) is 22.8. The number of ether oxygens (including phenoxy) is 1. The van der Waals surface area contributed by atoms with Crippen LogP contribution in [-0.4, -0.2) is 18.0 Å². The molecule has 0 aliphatic heterocycles. The van der Waals surface area contributed by atoms with Gasteiger partial charge >= 0.3 is 0 Å². The molecule has 33 heavy (non-hydrogen) atoms. The molecule has 0 radical (unpaired) electrons. The summed E-state index contributed by atoms with van der Waals surface area (Å²) >= 11 is 1.54. The second-order valence-corrected chi connectivity index (χ2v) is 9.02. The Balaban J connectivity index is 1.57. The molecule has 5 aromatic rings. The number of fused-ring (bicyclic) bond motifs is 2. The van der Waals surface area contributed by atoms with E-state index in [0.29, 0.717) is 18.1 Å². The van der Waals surface area contributed by atoms with Crippen LogP contribution in [0.25, 0.3) is 21.0 Å². The number of aromatic nitrogens is 1. The Morgan fingerprint density at radius 1 is 0.939 bits per heavy atom. The summed E-state index contributed by atoms with van der Waals surface area (Å²) in [4.78, 5) is 20.4. The van der Waals surface area contributed by atoms with E-state index in [-0.39, 0.29) is 5.91 Å². The summed E-state index contributed by atoms with van der Waals surface area (Å²) in [6, 6.07) is 28.3. The summed E-state index contributed by atoms with van der Waals surface area (Å²) in [7, 11) is 1.65. The van der Waals surface area contributed by atoms with Crippen LogP contribution < -0.4 is 9.64 Å². The Morgan fingerprint density at radius 3 is 2.52 bits per heavy atom. The van der Waals surface area contributed by atoms with Gasteiger partial charge in [0.15, 0.2) is 5.13 Å². The Kier molecular flexibility index (Phi) is 5.80. The number of anilines is 1. The van der Waals surface area contributed by atoms with Crippen molar-refractivity contribution in [1.82, 2.24) is 4.98 Å². The Labute approximate surface area is 197 Å². The number of nitrogens with zero attached hydrogens (tertiary/aromatic N) is 2. The number of methoxy groups -OCH3 is 1. The van der Waals surface area contributed by atoms with Gasteiger partial charge in [-0.05, 0) is 40.5 Å². The van der Waals surface area contributed by atoms with Gasteiger partial charge in [0.05, 0.1) is 24.8 Å². The minimum Gasteiger partial charge on any atom is -0.494 e. The molecule has 164 valence electrons. The molecule has 1 heterocycles. The maximum absolute atomic E-state index is 13.7. The second kappa shape index (κ2) is 9.04. The SMILES string of the molecule is COc1ccc(C)c2sc(N(Cc3ccccc3)C(=O)Cc3cccc4ccccc34)nc12. The van der Waals surface area contributed by atoms with Gasteiger partial charge in [0, 0.05) is 0 Å².